The smallest absolute Gasteiger partial charge is 0.269 e. The van der Waals surface area contributed by atoms with Crippen molar-refractivity contribution in [3.63, 3.8) is 0 Å². The van der Waals surface area contributed by atoms with Crippen LogP contribution in [-0.4, -0.2) is 44.5 Å². The first-order valence-corrected chi connectivity index (χ1v) is 9.94. The van der Waals surface area contributed by atoms with Gasteiger partial charge in [0.15, 0.2) is 5.17 Å². The molecule has 26 heavy (non-hydrogen) atoms. The number of aliphatic hydroxyl groups excluding tert-OH is 1. The third kappa shape index (κ3) is 4.76. The van der Waals surface area contributed by atoms with Crippen LogP contribution in [-0.2, 0) is 5.41 Å². The molecule has 2 atom stereocenters. The zero-order valence-corrected chi connectivity index (χ0v) is 17.2. The first-order chi connectivity index (χ1) is 12.0. The molecule has 0 aromatic heterocycles. The Kier molecular flexibility index (Phi) is 6.34. The second-order valence-electron chi connectivity index (χ2n) is 8.27. The molecule has 0 amide bonds. The number of nitro benzene ring substituents is 1. The second-order valence-corrected chi connectivity index (χ2v) is 9.26. The number of amidine groups is 1. The molecule has 0 aliphatic carbocycles. The second kappa shape index (κ2) is 7.96. The van der Waals surface area contributed by atoms with E-state index in [9.17, 15) is 15.2 Å². The molecule has 1 aliphatic heterocycles. The summed E-state index contributed by atoms with van der Waals surface area (Å²) in [6.07, 6.45) is -0.437. The van der Waals surface area contributed by atoms with Crippen molar-refractivity contribution in [1.29, 1.82) is 0 Å². The zero-order chi connectivity index (χ0) is 19.6. The standard InChI is InChI=1S/C19H29N3O3S/c1-12(2)10-21-17(13(3)23)11-26-18(21)20-16-8-7-14(22(24)25)9-15(16)19(4,5)6/h7-9,12-13,17,23H,10-11H2,1-6H3/t13?,17-/m1/s1. The van der Waals surface area contributed by atoms with E-state index < -0.39 is 6.10 Å². The van der Waals surface area contributed by atoms with Crippen molar-refractivity contribution in [3.05, 3.63) is 33.9 Å². The van der Waals surface area contributed by atoms with Gasteiger partial charge in [-0.3, -0.25) is 10.1 Å². The van der Waals surface area contributed by atoms with Gasteiger partial charge in [0.1, 0.15) is 0 Å². The lowest BCUT2D eigenvalue weighted by Gasteiger charge is -2.29. The highest BCUT2D eigenvalue weighted by Gasteiger charge is 2.34. The third-order valence-corrected chi connectivity index (χ3v) is 5.46. The molecule has 7 heteroatoms. The van der Waals surface area contributed by atoms with E-state index in [4.69, 9.17) is 4.99 Å². The maximum Gasteiger partial charge on any atom is 0.269 e. The number of hydrogen-bond acceptors (Lipinski definition) is 5. The minimum absolute atomic E-state index is 0.0392. The first-order valence-electron chi connectivity index (χ1n) is 8.95. The Morgan fingerprint density at radius 3 is 2.54 bits per heavy atom. The normalized spacial score (nSPS) is 20.8. The molecule has 1 fully saturated rings. The van der Waals surface area contributed by atoms with Crippen molar-refractivity contribution in [2.45, 2.75) is 59.1 Å². The summed E-state index contributed by atoms with van der Waals surface area (Å²) in [6.45, 7) is 13.0. The zero-order valence-electron chi connectivity index (χ0n) is 16.4. The van der Waals surface area contributed by atoms with Crippen LogP contribution in [0.3, 0.4) is 0 Å². The fourth-order valence-electron chi connectivity index (χ4n) is 3.02. The highest BCUT2D eigenvalue weighted by molar-refractivity contribution is 8.14. The lowest BCUT2D eigenvalue weighted by Crippen LogP contribution is -2.43. The Morgan fingerprint density at radius 2 is 2.04 bits per heavy atom. The number of aliphatic imine (C=N–C) groups is 1. The summed E-state index contributed by atoms with van der Waals surface area (Å²) < 4.78 is 0. The Labute approximate surface area is 159 Å². The molecule has 1 saturated heterocycles. The third-order valence-electron chi connectivity index (χ3n) is 4.36. The highest BCUT2D eigenvalue weighted by atomic mass is 32.2. The average molecular weight is 380 g/mol. The number of nitro groups is 1. The number of nitrogens with zero attached hydrogens (tertiary/aromatic N) is 3. The summed E-state index contributed by atoms with van der Waals surface area (Å²) in [5, 5.41) is 22.2. The summed E-state index contributed by atoms with van der Waals surface area (Å²) in [5.74, 6) is 1.24. The van der Waals surface area contributed by atoms with Crippen LogP contribution in [0.15, 0.2) is 23.2 Å². The summed E-state index contributed by atoms with van der Waals surface area (Å²) in [6, 6.07) is 4.90. The van der Waals surface area contributed by atoms with E-state index in [0.29, 0.717) is 5.92 Å². The highest BCUT2D eigenvalue weighted by Crippen LogP contribution is 2.37. The van der Waals surface area contributed by atoms with Crippen molar-refractivity contribution in [1.82, 2.24) is 4.90 Å². The largest absolute Gasteiger partial charge is 0.391 e. The van der Waals surface area contributed by atoms with E-state index >= 15 is 0 Å². The molecule has 6 nitrogen and oxygen atoms in total. The monoisotopic (exact) mass is 379 g/mol. The van der Waals surface area contributed by atoms with E-state index in [1.807, 2.05) is 27.7 Å². The van der Waals surface area contributed by atoms with Gasteiger partial charge in [-0.25, -0.2) is 4.99 Å². The van der Waals surface area contributed by atoms with Crippen LogP contribution < -0.4 is 0 Å². The minimum atomic E-state index is -0.437. The first kappa shape index (κ1) is 20.7. The number of benzene rings is 1. The summed E-state index contributed by atoms with van der Waals surface area (Å²) in [7, 11) is 0. The maximum atomic E-state index is 11.2. The predicted molar refractivity (Wildman–Crippen MR) is 108 cm³/mol. The molecule has 1 heterocycles. The molecule has 1 aromatic rings. The number of rotatable bonds is 5. The predicted octanol–water partition coefficient (Wildman–Crippen LogP) is 4.33. The Hall–Kier alpha value is -1.60. The van der Waals surface area contributed by atoms with Crippen molar-refractivity contribution >= 4 is 28.3 Å². The van der Waals surface area contributed by atoms with Gasteiger partial charge in [0.25, 0.3) is 5.69 Å². The van der Waals surface area contributed by atoms with Crippen LogP contribution in [0.2, 0.25) is 0 Å². The van der Waals surface area contributed by atoms with Gasteiger partial charge in [0, 0.05) is 24.4 Å². The van der Waals surface area contributed by atoms with Crippen LogP contribution in [0.1, 0.15) is 47.1 Å². The van der Waals surface area contributed by atoms with Crippen molar-refractivity contribution < 1.29 is 10.0 Å². The summed E-state index contributed by atoms with van der Waals surface area (Å²) >= 11 is 1.64. The summed E-state index contributed by atoms with van der Waals surface area (Å²) in [5.41, 5.74) is 1.43. The van der Waals surface area contributed by atoms with Crippen molar-refractivity contribution in [2.75, 3.05) is 12.3 Å². The average Bonchev–Trinajstić information content (AvgIpc) is 2.88. The molecular formula is C19H29N3O3S. The molecule has 1 aliphatic rings. The van der Waals surface area contributed by atoms with Gasteiger partial charge in [-0.05, 0) is 29.9 Å². The molecule has 1 unspecified atom stereocenters. The topological polar surface area (TPSA) is 79.0 Å². The van der Waals surface area contributed by atoms with E-state index in [-0.39, 0.29) is 22.1 Å². The van der Waals surface area contributed by atoms with Crippen LogP contribution in [0.5, 0.6) is 0 Å². The van der Waals surface area contributed by atoms with E-state index in [1.165, 1.54) is 6.07 Å². The SMILES string of the molecule is CC(C)CN1C(=Nc2ccc([N+](=O)[O-])cc2C(C)(C)C)SC[C@@H]1C(C)O. The van der Waals surface area contributed by atoms with E-state index in [0.717, 1.165) is 28.7 Å². The maximum absolute atomic E-state index is 11.2. The molecular weight excluding hydrogens is 350 g/mol. The number of hydrogen-bond donors (Lipinski definition) is 1. The Bertz CT molecular complexity index is 696. The molecule has 0 bridgehead atoms. The Morgan fingerprint density at radius 1 is 1.38 bits per heavy atom. The van der Waals surface area contributed by atoms with Crippen molar-refractivity contribution in [3.8, 4) is 0 Å². The van der Waals surface area contributed by atoms with Gasteiger partial charge < -0.3 is 10.0 Å². The van der Waals surface area contributed by atoms with E-state index in [2.05, 4.69) is 18.7 Å². The molecule has 0 radical (unpaired) electrons. The lowest BCUT2D eigenvalue weighted by molar-refractivity contribution is -0.384. The number of aliphatic hydroxyl groups is 1. The van der Waals surface area contributed by atoms with Gasteiger partial charge in [-0.1, -0.05) is 46.4 Å². The van der Waals surface area contributed by atoms with Crippen LogP contribution in [0, 0.1) is 16.0 Å². The molecule has 2 rings (SSSR count). The van der Waals surface area contributed by atoms with Gasteiger partial charge in [0.2, 0.25) is 0 Å². The fraction of sp³-hybridized carbons (Fsp3) is 0.632. The van der Waals surface area contributed by atoms with Gasteiger partial charge in [-0.2, -0.15) is 0 Å². The number of thioether (sulfide) groups is 1. The molecule has 144 valence electrons. The van der Waals surface area contributed by atoms with Crippen molar-refractivity contribution in [2.24, 2.45) is 10.9 Å². The quantitative estimate of drug-likeness (QED) is 0.608. The minimum Gasteiger partial charge on any atom is -0.391 e. The van der Waals surface area contributed by atoms with Gasteiger partial charge in [-0.15, -0.1) is 0 Å². The summed E-state index contributed by atoms with van der Waals surface area (Å²) in [4.78, 5) is 17.8. The van der Waals surface area contributed by atoms with Gasteiger partial charge in [0.05, 0.1) is 22.8 Å². The Balaban J connectivity index is 2.48. The molecule has 0 spiro atoms. The van der Waals surface area contributed by atoms with Gasteiger partial charge >= 0.3 is 0 Å². The van der Waals surface area contributed by atoms with Crippen LogP contribution in [0.25, 0.3) is 0 Å². The number of non-ortho nitro benzene ring substituents is 1. The van der Waals surface area contributed by atoms with Crippen LogP contribution >= 0.6 is 11.8 Å². The fourth-order valence-corrected chi connectivity index (χ4v) is 4.33. The molecule has 1 N–H and O–H groups in total. The lowest BCUT2D eigenvalue weighted by atomic mass is 9.85. The van der Waals surface area contributed by atoms with E-state index in [1.54, 1.807) is 23.9 Å². The molecule has 0 saturated carbocycles. The molecule has 1 aromatic carbocycles. The van der Waals surface area contributed by atoms with Crippen LogP contribution in [0.4, 0.5) is 11.4 Å².